The van der Waals surface area contributed by atoms with Gasteiger partial charge in [0.15, 0.2) is 11.5 Å². The molecule has 0 aliphatic carbocycles. The van der Waals surface area contributed by atoms with Crippen molar-refractivity contribution in [2.75, 3.05) is 26.0 Å². The van der Waals surface area contributed by atoms with Crippen molar-refractivity contribution in [3.05, 3.63) is 53.1 Å². The maximum Gasteiger partial charge on any atom is 0.387 e. The molecule has 0 saturated heterocycles. The normalized spacial score (nSPS) is 11.2. The highest BCUT2D eigenvalue weighted by Crippen LogP contribution is 2.30. The van der Waals surface area contributed by atoms with E-state index in [1.807, 2.05) is 37.1 Å². The number of nitrogens with one attached hydrogen (secondary N) is 1. The highest BCUT2D eigenvalue weighted by atomic mass is 19.3. The second-order valence-corrected chi connectivity index (χ2v) is 7.28. The SMILES string of the molecule is COc1cc(CN(C)CC(=O)Nc2c(C)cccc2C(C)C)ccc1OC(F)F. The first-order valence-corrected chi connectivity index (χ1v) is 9.40. The molecule has 0 unspecified atom stereocenters. The Hall–Kier alpha value is -2.67. The zero-order valence-electron chi connectivity index (χ0n) is 17.5. The number of amides is 1. The number of nitrogens with zero attached hydrogens (tertiary/aromatic N) is 1. The second kappa shape index (κ2) is 10.2. The molecular formula is C22H28F2N2O3. The van der Waals surface area contributed by atoms with Crippen molar-refractivity contribution in [3.8, 4) is 11.5 Å². The molecule has 5 nitrogen and oxygen atoms in total. The molecule has 0 aliphatic rings. The van der Waals surface area contributed by atoms with E-state index in [9.17, 15) is 13.6 Å². The van der Waals surface area contributed by atoms with Gasteiger partial charge in [-0.1, -0.05) is 38.1 Å². The number of hydrogen-bond acceptors (Lipinski definition) is 4. The van der Waals surface area contributed by atoms with Gasteiger partial charge in [-0.15, -0.1) is 0 Å². The summed E-state index contributed by atoms with van der Waals surface area (Å²) < 4.78 is 34.4. The summed E-state index contributed by atoms with van der Waals surface area (Å²) in [6, 6.07) is 10.7. The number of carbonyl (C=O) groups excluding carboxylic acids is 1. The van der Waals surface area contributed by atoms with E-state index in [1.54, 1.807) is 12.1 Å². The number of rotatable bonds is 9. The van der Waals surface area contributed by atoms with Crippen LogP contribution in [0, 0.1) is 6.92 Å². The highest BCUT2D eigenvalue weighted by Gasteiger charge is 2.15. The maximum absolute atomic E-state index is 12.6. The largest absolute Gasteiger partial charge is 0.493 e. The summed E-state index contributed by atoms with van der Waals surface area (Å²) in [5.41, 5.74) is 3.79. The summed E-state index contributed by atoms with van der Waals surface area (Å²) in [6.45, 7) is 3.86. The third-order valence-corrected chi connectivity index (χ3v) is 4.50. The van der Waals surface area contributed by atoms with Crippen molar-refractivity contribution in [3.63, 3.8) is 0 Å². The van der Waals surface area contributed by atoms with Crippen molar-refractivity contribution in [2.45, 2.75) is 39.8 Å². The lowest BCUT2D eigenvalue weighted by Gasteiger charge is -2.20. The minimum Gasteiger partial charge on any atom is -0.493 e. The van der Waals surface area contributed by atoms with E-state index >= 15 is 0 Å². The number of aryl methyl sites for hydroxylation is 1. The number of carbonyl (C=O) groups is 1. The third kappa shape index (κ3) is 6.42. The molecule has 7 heteroatoms. The van der Waals surface area contributed by atoms with E-state index in [1.165, 1.54) is 13.2 Å². The molecule has 29 heavy (non-hydrogen) atoms. The molecule has 0 saturated carbocycles. The first kappa shape index (κ1) is 22.6. The molecule has 1 N–H and O–H groups in total. The van der Waals surface area contributed by atoms with Crippen LogP contribution in [-0.2, 0) is 11.3 Å². The second-order valence-electron chi connectivity index (χ2n) is 7.28. The van der Waals surface area contributed by atoms with Crippen molar-refractivity contribution in [1.29, 1.82) is 0 Å². The third-order valence-electron chi connectivity index (χ3n) is 4.50. The van der Waals surface area contributed by atoms with Crippen molar-refractivity contribution in [2.24, 2.45) is 0 Å². The van der Waals surface area contributed by atoms with Crippen LogP contribution in [0.5, 0.6) is 11.5 Å². The smallest absolute Gasteiger partial charge is 0.387 e. The van der Waals surface area contributed by atoms with Crippen LogP contribution in [0.3, 0.4) is 0 Å². The molecule has 2 aromatic carbocycles. The van der Waals surface area contributed by atoms with Gasteiger partial charge in [0.2, 0.25) is 5.91 Å². The van der Waals surface area contributed by atoms with Crippen LogP contribution >= 0.6 is 0 Å². The van der Waals surface area contributed by atoms with Gasteiger partial charge in [-0.3, -0.25) is 9.69 Å². The molecule has 0 atom stereocenters. The molecule has 0 aromatic heterocycles. The first-order chi connectivity index (χ1) is 13.7. The van der Waals surface area contributed by atoms with Gasteiger partial charge >= 0.3 is 6.61 Å². The minimum atomic E-state index is -2.92. The molecule has 1 amide bonds. The van der Waals surface area contributed by atoms with Crippen LogP contribution in [0.4, 0.5) is 14.5 Å². The van der Waals surface area contributed by atoms with Crippen molar-refractivity contribution < 1.29 is 23.0 Å². The fourth-order valence-corrected chi connectivity index (χ4v) is 3.14. The molecule has 158 valence electrons. The number of halogens is 2. The van der Waals surface area contributed by atoms with Crippen LogP contribution in [0.1, 0.15) is 36.5 Å². The van der Waals surface area contributed by atoms with Gasteiger partial charge in [-0.2, -0.15) is 8.78 Å². The summed E-state index contributed by atoms with van der Waals surface area (Å²) in [7, 11) is 3.21. The summed E-state index contributed by atoms with van der Waals surface area (Å²) >= 11 is 0. The lowest BCUT2D eigenvalue weighted by molar-refractivity contribution is -0.117. The number of ether oxygens (including phenoxy) is 2. The van der Waals surface area contributed by atoms with E-state index in [0.29, 0.717) is 12.5 Å². The Morgan fingerprint density at radius 1 is 1.17 bits per heavy atom. The van der Waals surface area contributed by atoms with Gasteiger partial charge in [-0.25, -0.2) is 0 Å². The molecule has 2 aromatic rings. The molecule has 0 fully saturated rings. The Kier molecular flexibility index (Phi) is 7.96. The van der Waals surface area contributed by atoms with E-state index in [2.05, 4.69) is 23.9 Å². The monoisotopic (exact) mass is 406 g/mol. The van der Waals surface area contributed by atoms with Gasteiger partial charge < -0.3 is 14.8 Å². The van der Waals surface area contributed by atoms with Gasteiger partial charge in [0.25, 0.3) is 0 Å². The average molecular weight is 406 g/mol. The van der Waals surface area contributed by atoms with E-state index in [4.69, 9.17) is 4.74 Å². The zero-order chi connectivity index (χ0) is 21.6. The van der Waals surface area contributed by atoms with E-state index in [0.717, 1.165) is 22.4 Å². The Labute approximate surface area is 170 Å². The Morgan fingerprint density at radius 3 is 2.52 bits per heavy atom. The minimum absolute atomic E-state index is 0.0209. The quantitative estimate of drug-likeness (QED) is 0.650. The summed E-state index contributed by atoms with van der Waals surface area (Å²) in [5, 5.41) is 3.02. The molecule has 0 heterocycles. The predicted molar refractivity (Wildman–Crippen MR) is 110 cm³/mol. The van der Waals surface area contributed by atoms with Gasteiger partial charge in [0.1, 0.15) is 0 Å². The van der Waals surface area contributed by atoms with E-state index in [-0.39, 0.29) is 24.0 Å². The molecular weight excluding hydrogens is 378 g/mol. The van der Waals surface area contributed by atoms with Gasteiger partial charge in [-0.05, 0) is 48.7 Å². The lowest BCUT2D eigenvalue weighted by atomic mass is 9.98. The zero-order valence-corrected chi connectivity index (χ0v) is 17.5. The molecule has 0 spiro atoms. The summed E-state index contributed by atoms with van der Waals surface area (Å²) in [4.78, 5) is 14.4. The van der Waals surface area contributed by atoms with Crippen LogP contribution in [0.15, 0.2) is 36.4 Å². The standard InChI is InChI=1S/C22H28F2N2O3/c1-14(2)17-8-6-7-15(3)21(17)25-20(27)13-26(4)12-16-9-10-18(29-22(23)24)19(11-16)28-5/h6-11,14,22H,12-13H2,1-5H3,(H,25,27). The fourth-order valence-electron chi connectivity index (χ4n) is 3.14. The number of likely N-dealkylation sites (N-methyl/N-ethyl adjacent to an activating group) is 1. The predicted octanol–water partition coefficient (Wildman–Crippen LogP) is 4.80. The molecule has 0 radical (unpaired) electrons. The van der Waals surface area contributed by atoms with Crippen LogP contribution in [0.2, 0.25) is 0 Å². The number of benzene rings is 2. The van der Waals surface area contributed by atoms with E-state index < -0.39 is 6.61 Å². The Morgan fingerprint density at radius 2 is 1.90 bits per heavy atom. The average Bonchev–Trinajstić information content (AvgIpc) is 2.63. The summed E-state index contributed by atoms with van der Waals surface area (Å²) in [5.74, 6) is 0.382. The summed E-state index contributed by atoms with van der Waals surface area (Å²) in [6.07, 6.45) is 0. The van der Waals surface area contributed by atoms with Gasteiger partial charge in [0, 0.05) is 12.2 Å². The van der Waals surface area contributed by atoms with Crippen LogP contribution < -0.4 is 14.8 Å². The fraction of sp³-hybridized carbons (Fsp3) is 0.409. The lowest BCUT2D eigenvalue weighted by Crippen LogP contribution is -2.30. The van der Waals surface area contributed by atoms with Crippen molar-refractivity contribution >= 4 is 11.6 Å². The number of anilines is 1. The topological polar surface area (TPSA) is 50.8 Å². The molecule has 2 rings (SSSR count). The van der Waals surface area contributed by atoms with Crippen LogP contribution in [-0.4, -0.2) is 38.1 Å². The highest BCUT2D eigenvalue weighted by molar-refractivity contribution is 5.93. The number of para-hydroxylation sites is 1. The number of hydrogen-bond donors (Lipinski definition) is 1. The molecule has 0 bridgehead atoms. The maximum atomic E-state index is 12.6. The first-order valence-electron chi connectivity index (χ1n) is 9.40. The van der Waals surface area contributed by atoms with Crippen molar-refractivity contribution in [1.82, 2.24) is 4.90 Å². The number of methoxy groups -OCH3 is 1. The Balaban J connectivity index is 2.03. The number of alkyl halides is 2. The molecule has 0 aliphatic heterocycles. The van der Waals surface area contributed by atoms with Gasteiger partial charge in [0.05, 0.1) is 13.7 Å². The van der Waals surface area contributed by atoms with Crippen LogP contribution in [0.25, 0.3) is 0 Å². The Bertz CT molecular complexity index is 841.